The molecule has 38 heavy (non-hydrogen) atoms. The van der Waals surface area contributed by atoms with Crippen LogP contribution in [0.3, 0.4) is 0 Å². The third-order valence-electron chi connectivity index (χ3n) is 6.74. The number of rotatable bonds is 7. The van der Waals surface area contributed by atoms with Crippen molar-refractivity contribution < 1.29 is 17.6 Å². The van der Waals surface area contributed by atoms with E-state index in [4.69, 9.17) is 11.6 Å². The summed E-state index contributed by atoms with van der Waals surface area (Å²) in [6.07, 6.45) is 2.56. The number of hydrogen-bond donors (Lipinski definition) is 2. The first kappa shape index (κ1) is 27.8. The predicted molar refractivity (Wildman–Crippen MR) is 149 cm³/mol. The van der Waals surface area contributed by atoms with Gasteiger partial charge in [-0.2, -0.15) is 4.98 Å². The fourth-order valence-electron chi connectivity index (χ4n) is 4.45. The summed E-state index contributed by atoms with van der Waals surface area (Å²) in [6, 6.07) is 9.62. The van der Waals surface area contributed by atoms with Gasteiger partial charge in [0, 0.05) is 24.3 Å². The standard InChI is InChI=1S/C27H31ClFN5O3S/c1-6-34-21-14-17(10-11-18(21)27(4,5)13-12-23(34)35)31-26-30-15-19(28)25(33-26)32-24-20(29)8-7-9-22(24)38(36,37)16(2)3/h7-11,14-16H,6,12-13H2,1-5H3,(H2,30,31,32,33). The SMILES string of the molecule is CCN1C(=O)CCC(C)(C)c2ccc(Nc3ncc(Cl)c(Nc4c(F)cccc4S(=O)(=O)C(C)C)n3)cc21. The molecule has 11 heteroatoms. The van der Waals surface area contributed by atoms with Crippen LogP contribution in [0, 0.1) is 5.82 Å². The van der Waals surface area contributed by atoms with Crippen LogP contribution in [0.4, 0.5) is 33.2 Å². The number of nitrogens with one attached hydrogen (secondary N) is 2. The fraction of sp³-hybridized carbons (Fsp3) is 0.370. The maximum absolute atomic E-state index is 14.8. The quantitative estimate of drug-likeness (QED) is 0.347. The number of anilines is 5. The highest BCUT2D eigenvalue weighted by Crippen LogP contribution is 2.41. The average Bonchev–Trinajstić information content (AvgIpc) is 2.95. The molecular weight excluding hydrogens is 529 g/mol. The molecule has 4 rings (SSSR count). The number of fused-ring (bicyclic) bond motifs is 1. The summed E-state index contributed by atoms with van der Waals surface area (Å²) >= 11 is 6.30. The molecule has 1 aliphatic heterocycles. The minimum absolute atomic E-state index is 0.0377. The van der Waals surface area contributed by atoms with E-state index in [1.165, 1.54) is 32.2 Å². The summed E-state index contributed by atoms with van der Waals surface area (Å²) in [5, 5.41) is 5.21. The van der Waals surface area contributed by atoms with Crippen molar-refractivity contribution >= 4 is 56.2 Å². The van der Waals surface area contributed by atoms with Gasteiger partial charge in [0.15, 0.2) is 15.7 Å². The molecule has 202 valence electrons. The highest BCUT2D eigenvalue weighted by molar-refractivity contribution is 7.92. The molecule has 0 bridgehead atoms. The van der Waals surface area contributed by atoms with Gasteiger partial charge in [-0.1, -0.05) is 37.6 Å². The summed E-state index contributed by atoms with van der Waals surface area (Å²) in [6.45, 7) is 9.79. The van der Waals surface area contributed by atoms with Crippen molar-refractivity contribution in [2.45, 2.75) is 63.0 Å². The second-order valence-corrected chi connectivity index (χ2v) is 13.0. The normalized spacial score (nSPS) is 15.3. The van der Waals surface area contributed by atoms with Crippen molar-refractivity contribution in [3.63, 3.8) is 0 Å². The Morgan fingerprint density at radius 1 is 1.18 bits per heavy atom. The lowest BCUT2D eigenvalue weighted by atomic mass is 9.80. The van der Waals surface area contributed by atoms with E-state index in [0.717, 1.165) is 23.7 Å². The number of carbonyl (C=O) groups is 1. The molecule has 2 heterocycles. The van der Waals surface area contributed by atoms with E-state index >= 15 is 0 Å². The molecule has 1 aliphatic rings. The van der Waals surface area contributed by atoms with Gasteiger partial charge in [-0.15, -0.1) is 0 Å². The van der Waals surface area contributed by atoms with E-state index in [2.05, 4.69) is 34.4 Å². The van der Waals surface area contributed by atoms with E-state index in [9.17, 15) is 17.6 Å². The Morgan fingerprint density at radius 2 is 1.92 bits per heavy atom. The summed E-state index contributed by atoms with van der Waals surface area (Å²) in [4.78, 5) is 23.0. The zero-order chi connectivity index (χ0) is 27.8. The maximum atomic E-state index is 14.8. The molecule has 2 N–H and O–H groups in total. The molecule has 0 spiro atoms. The van der Waals surface area contributed by atoms with Crippen molar-refractivity contribution in [3.05, 3.63) is 59.0 Å². The summed E-state index contributed by atoms with van der Waals surface area (Å²) < 4.78 is 40.5. The summed E-state index contributed by atoms with van der Waals surface area (Å²) in [7, 11) is -3.79. The number of benzene rings is 2. The minimum Gasteiger partial charge on any atom is -0.335 e. The van der Waals surface area contributed by atoms with E-state index in [-0.39, 0.29) is 38.7 Å². The molecular formula is C27H31ClFN5O3S. The number of para-hydroxylation sites is 1. The second-order valence-electron chi connectivity index (χ2n) is 10.1. The van der Waals surface area contributed by atoms with Crippen LogP contribution in [0.5, 0.6) is 0 Å². The Labute approximate surface area is 227 Å². The number of nitrogens with zero attached hydrogens (tertiary/aromatic N) is 3. The maximum Gasteiger partial charge on any atom is 0.229 e. The molecule has 0 radical (unpaired) electrons. The van der Waals surface area contributed by atoms with Gasteiger partial charge in [0.05, 0.1) is 22.0 Å². The molecule has 0 aliphatic carbocycles. The molecule has 1 aromatic heterocycles. The third-order valence-corrected chi connectivity index (χ3v) is 9.22. The van der Waals surface area contributed by atoms with Gasteiger partial charge in [0.1, 0.15) is 10.8 Å². The number of hydrogen-bond acceptors (Lipinski definition) is 7. The number of halogens is 2. The zero-order valence-electron chi connectivity index (χ0n) is 22.0. The molecule has 0 atom stereocenters. The van der Waals surface area contributed by atoms with Crippen LogP contribution in [-0.4, -0.2) is 36.1 Å². The monoisotopic (exact) mass is 559 g/mol. The Hall–Kier alpha value is -3.24. The first-order valence-corrected chi connectivity index (χ1v) is 14.3. The van der Waals surface area contributed by atoms with Crippen molar-refractivity contribution in [1.82, 2.24) is 9.97 Å². The van der Waals surface area contributed by atoms with Gasteiger partial charge in [0.25, 0.3) is 0 Å². The fourth-order valence-corrected chi connectivity index (χ4v) is 5.80. The van der Waals surface area contributed by atoms with Crippen LogP contribution in [0.25, 0.3) is 0 Å². The Morgan fingerprint density at radius 3 is 2.61 bits per heavy atom. The zero-order valence-corrected chi connectivity index (χ0v) is 23.5. The highest BCUT2D eigenvalue weighted by atomic mass is 35.5. The second kappa shape index (κ2) is 10.5. The molecule has 1 amide bonds. The molecule has 0 saturated carbocycles. The lowest BCUT2D eigenvalue weighted by Crippen LogP contribution is -2.29. The van der Waals surface area contributed by atoms with Gasteiger partial charge < -0.3 is 15.5 Å². The topological polar surface area (TPSA) is 104 Å². The van der Waals surface area contributed by atoms with Gasteiger partial charge in [-0.05, 0) is 62.4 Å². The molecule has 0 saturated heterocycles. The van der Waals surface area contributed by atoms with E-state index in [1.54, 1.807) is 4.90 Å². The molecule has 0 unspecified atom stereocenters. The lowest BCUT2D eigenvalue weighted by Gasteiger charge is -2.27. The third kappa shape index (κ3) is 5.33. The van der Waals surface area contributed by atoms with Crippen molar-refractivity contribution in [1.29, 1.82) is 0 Å². The smallest absolute Gasteiger partial charge is 0.229 e. The van der Waals surface area contributed by atoms with Crippen molar-refractivity contribution in [2.75, 3.05) is 22.1 Å². The molecule has 8 nitrogen and oxygen atoms in total. The molecule has 0 fully saturated rings. The van der Waals surface area contributed by atoms with E-state index in [0.29, 0.717) is 18.7 Å². The van der Waals surface area contributed by atoms with Crippen molar-refractivity contribution in [3.8, 4) is 0 Å². The van der Waals surface area contributed by atoms with Crippen LogP contribution in [0.1, 0.15) is 53.0 Å². The van der Waals surface area contributed by atoms with E-state index < -0.39 is 20.9 Å². The van der Waals surface area contributed by atoms with Crippen LogP contribution in [0.15, 0.2) is 47.5 Å². The van der Waals surface area contributed by atoms with Crippen LogP contribution >= 0.6 is 11.6 Å². The number of aromatic nitrogens is 2. The number of carbonyl (C=O) groups excluding carboxylic acids is 1. The number of amides is 1. The summed E-state index contributed by atoms with van der Waals surface area (Å²) in [5.74, 6) is -0.490. The van der Waals surface area contributed by atoms with Crippen LogP contribution in [-0.2, 0) is 20.0 Å². The summed E-state index contributed by atoms with van der Waals surface area (Å²) in [5.41, 5.74) is 2.14. The Kier molecular flexibility index (Phi) is 7.67. The average molecular weight is 560 g/mol. The minimum atomic E-state index is -3.79. The largest absolute Gasteiger partial charge is 0.335 e. The Bertz CT molecular complexity index is 1490. The van der Waals surface area contributed by atoms with Crippen molar-refractivity contribution in [2.24, 2.45) is 0 Å². The first-order valence-electron chi connectivity index (χ1n) is 12.4. The van der Waals surface area contributed by atoms with E-state index in [1.807, 2.05) is 25.1 Å². The Balaban J connectivity index is 1.70. The van der Waals surface area contributed by atoms with Crippen LogP contribution in [0.2, 0.25) is 5.02 Å². The molecule has 2 aromatic carbocycles. The first-order chi connectivity index (χ1) is 17.8. The molecule has 3 aromatic rings. The lowest BCUT2D eigenvalue weighted by molar-refractivity contribution is -0.118. The van der Waals surface area contributed by atoms with Gasteiger partial charge in [-0.3, -0.25) is 4.79 Å². The highest BCUT2D eigenvalue weighted by Gasteiger charge is 2.32. The van der Waals surface area contributed by atoms with Gasteiger partial charge in [0.2, 0.25) is 11.9 Å². The van der Waals surface area contributed by atoms with Gasteiger partial charge in [-0.25, -0.2) is 17.8 Å². The van der Waals surface area contributed by atoms with Gasteiger partial charge >= 0.3 is 0 Å². The number of sulfone groups is 1. The predicted octanol–water partition coefficient (Wildman–Crippen LogP) is 6.36. The van der Waals surface area contributed by atoms with Crippen LogP contribution < -0.4 is 15.5 Å².